The van der Waals surface area contributed by atoms with Crippen molar-refractivity contribution < 1.29 is 14.3 Å². The van der Waals surface area contributed by atoms with Crippen LogP contribution in [0.2, 0.25) is 0 Å². The molecule has 2 rings (SSSR count). The van der Waals surface area contributed by atoms with Crippen LogP contribution in [0.5, 0.6) is 0 Å². The third-order valence-electron chi connectivity index (χ3n) is 3.66. The van der Waals surface area contributed by atoms with Crippen molar-refractivity contribution in [2.24, 2.45) is 5.41 Å². The minimum Gasteiger partial charge on any atom is -0.443 e. The second-order valence-electron chi connectivity index (χ2n) is 7.03. The number of aliphatic hydroxyl groups is 1. The lowest BCUT2D eigenvalue weighted by molar-refractivity contribution is 0.0896. The van der Waals surface area contributed by atoms with E-state index in [1.807, 2.05) is 32.9 Å². The van der Waals surface area contributed by atoms with E-state index >= 15 is 0 Å². The van der Waals surface area contributed by atoms with Crippen LogP contribution >= 0.6 is 0 Å². The topological polar surface area (TPSA) is 91.2 Å². The van der Waals surface area contributed by atoms with Crippen LogP contribution in [-0.4, -0.2) is 28.2 Å². The molecule has 2 aromatic heterocycles. The first kappa shape index (κ1) is 17.8. The number of aliphatic hydroxyl groups excluding tert-OH is 1. The van der Waals surface area contributed by atoms with Gasteiger partial charge in [0.2, 0.25) is 5.88 Å². The lowest BCUT2D eigenvalue weighted by Crippen LogP contribution is -2.40. The Kier molecular flexibility index (Phi) is 5.15. The van der Waals surface area contributed by atoms with Crippen molar-refractivity contribution in [3.8, 4) is 12.0 Å². The fraction of sp³-hybridized carbons (Fsp3) is 0.444. The zero-order chi connectivity index (χ0) is 17.9. The fourth-order valence-corrected chi connectivity index (χ4v) is 2.72. The van der Waals surface area contributed by atoms with Gasteiger partial charge in [-0.3, -0.25) is 9.36 Å². The number of carbonyl (C=O) groups is 1. The molecule has 0 aliphatic rings. The first-order valence-electron chi connectivity index (χ1n) is 7.85. The van der Waals surface area contributed by atoms with E-state index in [9.17, 15) is 15.2 Å². The molecule has 0 saturated carbocycles. The number of nitrogens with zero attached hydrogens (tertiary/aromatic N) is 2. The fourth-order valence-electron chi connectivity index (χ4n) is 2.72. The highest BCUT2D eigenvalue weighted by molar-refractivity contribution is 5.98. The van der Waals surface area contributed by atoms with Crippen molar-refractivity contribution in [1.29, 1.82) is 5.26 Å². The zero-order valence-electron chi connectivity index (χ0n) is 14.5. The van der Waals surface area contributed by atoms with Gasteiger partial charge in [0, 0.05) is 12.4 Å². The predicted molar refractivity (Wildman–Crippen MR) is 89.9 cm³/mol. The van der Waals surface area contributed by atoms with E-state index in [1.165, 1.54) is 0 Å². The molecular weight excluding hydrogens is 306 g/mol. The largest absolute Gasteiger partial charge is 0.443 e. The average molecular weight is 329 g/mol. The maximum Gasteiger partial charge on any atom is 0.256 e. The molecular formula is C18H23N3O3. The number of nitrogens with one attached hydrogen (secondary N) is 1. The smallest absolute Gasteiger partial charge is 0.256 e. The molecule has 1 unspecified atom stereocenters. The molecule has 2 heterocycles. The van der Waals surface area contributed by atoms with Crippen LogP contribution < -0.4 is 5.32 Å². The Morgan fingerprint density at radius 1 is 1.42 bits per heavy atom. The van der Waals surface area contributed by atoms with Crippen LogP contribution in [0.4, 0.5) is 0 Å². The Balaban J connectivity index is 2.31. The summed E-state index contributed by atoms with van der Waals surface area (Å²) in [6.07, 6.45) is 4.12. The molecule has 128 valence electrons. The van der Waals surface area contributed by atoms with Crippen LogP contribution in [0.25, 0.3) is 5.88 Å². The van der Waals surface area contributed by atoms with E-state index in [-0.39, 0.29) is 29.2 Å². The summed E-state index contributed by atoms with van der Waals surface area (Å²) in [4.78, 5) is 12.6. The number of carbonyl (C=O) groups excluding carboxylic acids is 1. The summed E-state index contributed by atoms with van der Waals surface area (Å²) in [7, 11) is 0. The van der Waals surface area contributed by atoms with E-state index in [2.05, 4.69) is 11.4 Å². The zero-order valence-corrected chi connectivity index (χ0v) is 14.5. The van der Waals surface area contributed by atoms with Crippen LogP contribution in [0.1, 0.15) is 48.9 Å². The van der Waals surface area contributed by atoms with Gasteiger partial charge in [-0.25, -0.2) is 0 Å². The first-order chi connectivity index (χ1) is 11.3. The van der Waals surface area contributed by atoms with Crippen molar-refractivity contribution in [2.75, 3.05) is 6.61 Å². The van der Waals surface area contributed by atoms with Crippen LogP contribution in [0.15, 0.2) is 28.9 Å². The van der Waals surface area contributed by atoms with Gasteiger partial charge in [-0.05, 0) is 30.9 Å². The van der Waals surface area contributed by atoms with Crippen molar-refractivity contribution in [3.05, 3.63) is 41.4 Å². The Bertz CT molecular complexity index is 746. The SMILES string of the molecule is Cc1oc(-n2cccc2)c(C#N)c1C(=O)NC(CO)CC(C)(C)C. The van der Waals surface area contributed by atoms with E-state index in [4.69, 9.17) is 4.42 Å². The molecule has 2 aromatic rings. The van der Waals surface area contributed by atoms with Crippen molar-refractivity contribution >= 4 is 5.91 Å². The predicted octanol–water partition coefficient (Wildman–Crippen LogP) is 2.78. The highest BCUT2D eigenvalue weighted by atomic mass is 16.4. The highest BCUT2D eigenvalue weighted by Crippen LogP contribution is 2.26. The number of hydrogen-bond donors (Lipinski definition) is 2. The van der Waals surface area contributed by atoms with Crippen molar-refractivity contribution in [2.45, 2.75) is 40.2 Å². The molecule has 24 heavy (non-hydrogen) atoms. The molecule has 1 amide bonds. The lowest BCUT2D eigenvalue weighted by Gasteiger charge is -2.25. The minimum atomic E-state index is -0.408. The number of rotatable bonds is 5. The lowest BCUT2D eigenvalue weighted by atomic mass is 9.88. The summed E-state index contributed by atoms with van der Waals surface area (Å²) in [5, 5.41) is 21.8. The molecule has 6 nitrogen and oxygen atoms in total. The van der Waals surface area contributed by atoms with Gasteiger partial charge in [-0.1, -0.05) is 20.8 Å². The number of hydrogen-bond acceptors (Lipinski definition) is 4. The first-order valence-corrected chi connectivity index (χ1v) is 7.85. The Labute approximate surface area is 141 Å². The highest BCUT2D eigenvalue weighted by Gasteiger charge is 2.27. The van der Waals surface area contributed by atoms with Crippen LogP contribution in [0, 0.1) is 23.7 Å². The molecule has 0 bridgehead atoms. The second-order valence-corrected chi connectivity index (χ2v) is 7.03. The van der Waals surface area contributed by atoms with Crippen LogP contribution in [-0.2, 0) is 0 Å². The standard InChI is InChI=1S/C18H23N3O3/c1-12-15(16(23)20-13(11-22)9-18(2,3)4)14(10-19)17(24-12)21-7-5-6-8-21/h5-8,13,22H,9,11H2,1-4H3,(H,20,23). The quantitative estimate of drug-likeness (QED) is 0.882. The average Bonchev–Trinajstić information content (AvgIpc) is 3.11. The van der Waals surface area contributed by atoms with Gasteiger partial charge in [0.1, 0.15) is 23.0 Å². The van der Waals surface area contributed by atoms with Gasteiger partial charge in [-0.2, -0.15) is 5.26 Å². The van der Waals surface area contributed by atoms with Gasteiger partial charge < -0.3 is 14.8 Å². The van der Waals surface area contributed by atoms with Crippen molar-refractivity contribution in [1.82, 2.24) is 9.88 Å². The summed E-state index contributed by atoms with van der Waals surface area (Å²) >= 11 is 0. The molecule has 0 spiro atoms. The summed E-state index contributed by atoms with van der Waals surface area (Å²) in [6, 6.07) is 5.29. The van der Waals surface area contributed by atoms with E-state index in [0.29, 0.717) is 18.1 Å². The number of furan rings is 1. The summed E-state index contributed by atoms with van der Waals surface area (Å²) in [5.41, 5.74) is 0.364. The maximum absolute atomic E-state index is 12.6. The Morgan fingerprint density at radius 2 is 2.04 bits per heavy atom. The Hall–Kier alpha value is -2.52. The molecule has 0 radical (unpaired) electrons. The number of aryl methyl sites for hydroxylation is 1. The number of amides is 1. The van der Waals surface area contributed by atoms with Crippen LogP contribution in [0.3, 0.4) is 0 Å². The summed E-state index contributed by atoms with van der Waals surface area (Å²) in [6.45, 7) is 7.61. The number of nitriles is 1. The molecule has 1 atom stereocenters. The van der Waals surface area contributed by atoms with E-state index in [0.717, 1.165) is 0 Å². The summed E-state index contributed by atoms with van der Waals surface area (Å²) in [5.74, 6) is 0.288. The van der Waals surface area contributed by atoms with Gasteiger partial charge in [-0.15, -0.1) is 0 Å². The Morgan fingerprint density at radius 3 is 2.54 bits per heavy atom. The normalized spacial score (nSPS) is 12.7. The van der Waals surface area contributed by atoms with Gasteiger partial charge in [0.15, 0.2) is 0 Å². The maximum atomic E-state index is 12.6. The molecule has 0 fully saturated rings. The molecule has 0 aromatic carbocycles. The monoisotopic (exact) mass is 329 g/mol. The van der Waals surface area contributed by atoms with Crippen molar-refractivity contribution in [3.63, 3.8) is 0 Å². The molecule has 0 saturated heterocycles. The summed E-state index contributed by atoms with van der Waals surface area (Å²) < 4.78 is 7.29. The van der Waals surface area contributed by atoms with Gasteiger partial charge in [0.25, 0.3) is 5.91 Å². The molecule has 0 aliphatic heterocycles. The van der Waals surface area contributed by atoms with E-state index in [1.54, 1.807) is 23.9 Å². The molecule has 6 heteroatoms. The van der Waals surface area contributed by atoms with Gasteiger partial charge in [0.05, 0.1) is 12.6 Å². The third-order valence-corrected chi connectivity index (χ3v) is 3.66. The number of aromatic nitrogens is 1. The minimum absolute atomic E-state index is 0.0412. The van der Waals surface area contributed by atoms with Gasteiger partial charge >= 0.3 is 0 Å². The van der Waals surface area contributed by atoms with E-state index < -0.39 is 5.91 Å². The molecule has 0 aliphatic carbocycles. The second kappa shape index (κ2) is 6.93. The molecule has 2 N–H and O–H groups in total. The third kappa shape index (κ3) is 3.87.